The Hall–Kier alpha value is -1.59. The summed E-state index contributed by atoms with van der Waals surface area (Å²) in [6.07, 6.45) is 0. The van der Waals surface area contributed by atoms with Crippen molar-refractivity contribution in [1.82, 2.24) is 15.0 Å². The van der Waals surface area contributed by atoms with E-state index in [1.807, 2.05) is 0 Å². The highest BCUT2D eigenvalue weighted by Crippen LogP contribution is 2.18. The molecule has 7 heteroatoms. The predicted molar refractivity (Wildman–Crippen MR) is 65.0 cm³/mol. The predicted octanol–water partition coefficient (Wildman–Crippen LogP) is 2.34. The Labute approximate surface area is 108 Å². The number of nitrogens with two attached hydrogens (primary N) is 1. The van der Waals surface area contributed by atoms with Gasteiger partial charge in [-0.1, -0.05) is 17.7 Å². The summed E-state index contributed by atoms with van der Waals surface area (Å²) in [7, 11) is 0. The van der Waals surface area contributed by atoms with Gasteiger partial charge in [-0.25, -0.2) is 0 Å². The molecule has 0 aliphatic carbocycles. The SMILES string of the molecule is Nc1nc(Cl)nc(COc2cccc(Cl)c2)n1. The molecule has 0 aliphatic heterocycles. The lowest BCUT2D eigenvalue weighted by Crippen LogP contribution is -2.06. The molecule has 2 N–H and O–H groups in total. The van der Waals surface area contributed by atoms with Gasteiger partial charge in [-0.05, 0) is 29.8 Å². The van der Waals surface area contributed by atoms with Crippen molar-refractivity contribution >= 4 is 29.2 Å². The summed E-state index contributed by atoms with van der Waals surface area (Å²) in [5.74, 6) is 1.05. The van der Waals surface area contributed by atoms with Crippen molar-refractivity contribution in [2.75, 3.05) is 5.73 Å². The Morgan fingerprint density at radius 2 is 2.00 bits per heavy atom. The molecular weight excluding hydrogens is 263 g/mol. The molecule has 17 heavy (non-hydrogen) atoms. The molecule has 0 saturated heterocycles. The average Bonchev–Trinajstić information content (AvgIpc) is 2.25. The lowest BCUT2D eigenvalue weighted by Gasteiger charge is -2.05. The summed E-state index contributed by atoms with van der Waals surface area (Å²) in [5, 5.41) is 0.637. The molecule has 1 aromatic heterocycles. The van der Waals surface area contributed by atoms with E-state index in [0.29, 0.717) is 16.6 Å². The number of ether oxygens (including phenoxy) is 1. The quantitative estimate of drug-likeness (QED) is 0.927. The Balaban J connectivity index is 2.07. The molecule has 5 nitrogen and oxygen atoms in total. The summed E-state index contributed by atoms with van der Waals surface area (Å²) in [6, 6.07) is 7.00. The third-order valence-corrected chi connectivity index (χ3v) is 2.24. The zero-order valence-electron chi connectivity index (χ0n) is 8.60. The van der Waals surface area contributed by atoms with Crippen LogP contribution in [-0.2, 0) is 6.61 Å². The fourth-order valence-corrected chi connectivity index (χ4v) is 1.54. The van der Waals surface area contributed by atoms with E-state index >= 15 is 0 Å². The summed E-state index contributed by atoms with van der Waals surface area (Å²) >= 11 is 11.5. The minimum atomic E-state index is 0.0437. The smallest absolute Gasteiger partial charge is 0.227 e. The Morgan fingerprint density at radius 3 is 2.71 bits per heavy atom. The fraction of sp³-hybridized carbons (Fsp3) is 0.100. The zero-order chi connectivity index (χ0) is 12.3. The van der Waals surface area contributed by atoms with Gasteiger partial charge >= 0.3 is 0 Å². The molecule has 0 fully saturated rings. The van der Waals surface area contributed by atoms with Crippen molar-refractivity contribution in [2.45, 2.75) is 6.61 Å². The van der Waals surface area contributed by atoms with E-state index in [2.05, 4.69) is 15.0 Å². The first-order valence-electron chi connectivity index (χ1n) is 4.68. The minimum absolute atomic E-state index is 0.0437. The molecule has 0 atom stereocenters. The van der Waals surface area contributed by atoms with Crippen LogP contribution in [0.4, 0.5) is 5.95 Å². The second kappa shape index (κ2) is 5.16. The van der Waals surface area contributed by atoms with Crippen molar-refractivity contribution in [3.8, 4) is 5.75 Å². The molecule has 0 radical (unpaired) electrons. The van der Waals surface area contributed by atoms with E-state index in [0.717, 1.165) is 0 Å². The average molecular weight is 271 g/mol. The number of halogens is 2. The van der Waals surface area contributed by atoms with E-state index in [1.165, 1.54) is 0 Å². The molecule has 0 unspecified atom stereocenters. The third-order valence-electron chi connectivity index (χ3n) is 1.84. The molecule has 2 aromatic rings. The standard InChI is InChI=1S/C10H8Cl2N4O/c11-6-2-1-3-7(4-6)17-5-8-14-9(12)16-10(13)15-8/h1-4H,5H2,(H2,13,14,15,16). The minimum Gasteiger partial charge on any atom is -0.486 e. The van der Waals surface area contributed by atoms with Gasteiger partial charge in [0.05, 0.1) is 0 Å². The monoisotopic (exact) mass is 270 g/mol. The fourth-order valence-electron chi connectivity index (χ4n) is 1.18. The highest BCUT2D eigenvalue weighted by atomic mass is 35.5. The number of aromatic nitrogens is 3. The van der Waals surface area contributed by atoms with E-state index < -0.39 is 0 Å². The molecule has 88 valence electrons. The highest BCUT2D eigenvalue weighted by Gasteiger charge is 2.03. The van der Waals surface area contributed by atoms with Crippen LogP contribution in [0.25, 0.3) is 0 Å². The number of hydrogen-bond acceptors (Lipinski definition) is 5. The lowest BCUT2D eigenvalue weighted by molar-refractivity contribution is 0.295. The Kier molecular flexibility index (Phi) is 3.61. The Bertz CT molecular complexity index is 515. The topological polar surface area (TPSA) is 73.9 Å². The summed E-state index contributed by atoms with van der Waals surface area (Å²) in [6.45, 7) is 0.146. The van der Waals surface area contributed by atoms with Gasteiger partial charge in [0.2, 0.25) is 11.2 Å². The highest BCUT2D eigenvalue weighted by molar-refractivity contribution is 6.30. The molecule has 0 amide bonds. The van der Waals surface area contributed by atoms with Gasteiger partial charge < -0.3 is 10.5 Å². The van der Waals surface area contributed by atoms with Crippen molar-refractivity contribution in [2.24, 2.45) is 0 Å². The van der Waals surface area contributed by atoms with Gasteiger partial charge in [0, 0.05) is 5.02 Å². The summed E-state index contributed by atoms with van der Waals surface area (Å²) in [5.41, 5.74) is 5.43. The van der Waals surface area contributed by atoms with Crippen molar-refractivity contribution in [1.29, 1.82) is 0 Å². The first kappa shape index (κ1) is 11.9. The van der Waals surface area contributed by atoms with Gasteiger partial charge in [0.1, 0.15) is 12.4 Å². The van der Waals surface area contributed by atoms with Crippen LogP contribution in [0.2, 0.25) is 10.3 Å². The molecule has 0 bridgehead atoms. The zero-order valence-corrected chi connectivity index (χ0v) is 10.1. The second-order valence-electron chi connectivity index (χ2n) is 3.12. The van der Waals surface area contributed by atoms with E-state index in [1.54, 1.807) is 24.3 Å². The van der Waals surface area contributed by atoms with Gasteiger partial charge in [-0.15, -0.1) is 0 Å². The number of benzene rings is 1. The first-order valence-corrected chi connectivity index (χ1v) is 5.43. The maximum Gasteiger partial charge on any atom is 0.227 e. The van der Waals surface area contributed by atoms with Crippen LogP contribution >= 0.6 is 23.2 Å². The molecule has 0 aliphatic rings. The normalized spacial score (nSPS) is 10.2. The number of hydrogen-bond donors (Lipinski definition) is 1. The van der Waals surface area contributed by atoms with Crippen LogP contribution in [0.5, 0.6) is 5.75 Å². The molecule has 2 rings (SSSR count). The van der Waals surface area contributed by atoms with E-state index in [4.69, 9.17) is 33.7 Å². The molecule has 0 spiro atoms. The van der Waals surface area contributed by atoms with Crippen molar-refractivity contribution in [3.05, 3.63) is 40.4 Å². The van der Waals surface area contributed by atoms with Crippen LogP contribution in [0.1, 0.15) is 5.82 Å². The molecular formula is C10H8Cl2N4O. The van der Waals surface area contributed by atoms with E-state index in [-0.39, 0.29) is 17.8 Å². The lowest BCUT2D eigenvalue weighted by atomic mass is 10.3. The number of anilines is 1. The van der Waals surface area contributed by atoms with Crippen LogP contribution in [0.3, 0.4) is 0 Å². The van der Waals surface area contributed by atoms with Crippen LogP contribution < -0.4 is 10.5 Å². The van der Waals surface area contributed by atoms with Gasteiger partial charge in [-0.3, -0.25) is 0 Å². The maximum atomic E-state index is 5.81. The van der Waals surface area contributed by atoms with E-state index in [9.17, 15) is 0 Å². The third kappa shape index (κ3) is 3.44. The maximum absolute atomic E-state index is 5.81. The number of nitrogens with zero attached hydrogens (tertiary/aromatic N) is 3. The van der Waals surface area contributed by atoms with Crippen molar-refractivity contribution in [3.63, 3.8) is 0 Å². The van der Waals surface area contributed by atoms with Gasteiger partial charge in [0.15, 0.2) is 5.82 Å². The summed E-state index contributed by atoms with van der Waals surface area (Å²) < 4.78 is 5.43. The molecule has 0 saturated carbocycles. The molecule has 1 aromatic carbocycles. The van der Waals surface area contributed by atoms with Crippen molar-refractivity contribution < 1.29 is 4.74 Å². The van der Waals surface area contributed by atoms with Crippen LogP contribution in [0, 0.1) is 0 Å². The van der Waals surface area contributed by atoms with Gasteiger partial charge in [0.25, 0.3) is 0 Å². The molecule has 1 heterocycles. The largest absolute Gasteiger partial charge is 0.486 e. The Morgan fingerprint density at radius 1 is 1.18 bits per heavy atom. The summed E-state index contributed by atoms with van der Waals surface area (Å²) in [4.78, 5) is 11.4. The van der Waals surface area contributed by atoms with Gasteiger partial charge in [-0.2, -0.15) is 15.0 Å². The van der Waals surface area contributed by atoms with Crippen LogP contribution in [-0.4, -0.2) is 15.0 Å². The number of nitrogen functional groups attached to an aromatic ring is 1. The number of rotatable bonds is 3. The second-order valence-corrected chi connectivity index (χ2v) is 3.90. The van der Waals surface area contributed by atoms with Crippen LogP contribution in [0.15, 0.2) is 24.3 Å². The first-order chi connectivity index (χ1) is 8.13.